The lowest BCUT2D eigenvalue weighted by atomic mass is 10.2. The van der Waals surface area contributed by atoms with Crippen LogP contribution in [0.2, 0.25) is 5.02 Å². The van der Waals surface area contributed by atoms with Gasteiger partial charge in [0.15, 0.2) is 0 Å². The summed E-state index contributed by atoms with van der Waals surface area (Å²) < 4.78 is 0. The topological polar surface area (TPSA) is 68.0 Å². The molecule has 0 atom stereocenters. The van der Waals surface area contributed by atoms with Gasteiger partial charge in [-0.25, -0.2) is 4.98 Å². The van der Waals surface area contributed by atoms with Gasteiger partial charge in [0.2, 0.25) is 5.91 Å². The first-order valence-corrected chi connectivity index (χ1v) is 5.71. The molecule has 0 radical (unpaired) electrons. The Hall–Kier alpha value is -1.13. The minimum absolute atomic E-state index is 0.0354. The van der Waals surface area contributed by atoms with E-state index >= 15 is 0 Å². The molecule has 4 nitrogen and oxygen atoms in total. The molecule has 0 saturated heterocycles. The van der Waals surface area contributed by atoms with E-state index in [4.69, 9.17) is 17.3 Å². The monoisotopic (exact) mass is 241 g/mol. The van der Waals surface area contributed by atoms with E-state index in [0.29, 0.717) is 23.8 Å². The minimum atomic E-state index is -0.0354. The molecule has 0 unspecified atom stereocenters. The number of pyridine rings is 1. The molecule has 16 heavy (non-hydrogen) atoms. The van der Waals surface area contributed by atoms with Crippen LogP contribution < -0.4 is 11.1 Å². The molecule has 0 fully saturated rings. The van der Waals surface area contributed by atoms with Crippen LogP contribution >= 0.6 is 11.6 Å². The number of anilines is 1. The Balaban J connectivity index is 2.29. The standard InChI is InChI=1S/C11H16ClN3O/c12-9-5-7-14-10(8-9)15-11(16)4-2-1-3-6-13/h5,7-8H,1-4,6,13H2,(H,14,15,16). The third-order valence-electron chi connectivity index (χ3n) is 2.10. The van der Waals surface area contributed by atoms with Crippen LogP contribution in [0.3, 0.4) is 0 Å². The lowest BCUT2D eigenvalue weighted by molar-refractivity contribution is -0.116. The van der Waals surface area contributed by atoms with Crippen LogP contribution in [0.15, 0.2) is 18.3 Å². The van der Waals surface area contributed by atoms with Gasteiger partial charge in [-0.15, -0.1) is 0 Å². The average Bonchev–Trinajstić information content (AvgIpc) is 2.24. The number of nitrogens with zero attached hydrogens (tertiary/aromatic N) is 1. The first kappa shape index (κ1) is 12.9. The van der Waals surface area contributed by atoms with Crippen molar-refractivity contribution in [3.8, 4) is 0 Å². The first-order chi connectivity index (χ1) is 7.72. The van der Waals surface area contributed by atoms with E-state index in [2.05, 4.69) is 10.3 Å². The van der Waals surface area contributed by atoms with Crippen LogP contribution in [0.25, 0.3) is 0 Å². The summed E-state index contributed by atoms with van der Waals surface area (Å²) in [6.07, 6.45) is 4.85. The summed E-state index contributed by atoms with van der Waals surface area (Å²) in [5, 5.41) is 3.26. The number of hydrogen-bond acceptors (Lipinski definition) is 3. The second-order valence-electron chi connectivity index (χ2n) is 3.51. The van der Waals surface area contributed by atoms with Crippen molar-refractivity contribution in [1.82, 2.24) is 4.98 Å². The predicted molar refractivity (Wildman–Crippen MR) is 65.4 cm³/mol. The van der Waals surface area contributed by atoms with Crippen LogP contribution in [-0.2, 0) is 4.79 Å². The molecule has 0 aliphatic rings. The van der Waals surface area contributed by atoms with Crippen LogP contribution in [-0.4, -0.2) is 17.4 Å². The molecule has 1 aromatic rings. The number of carbonyl (C=O) groups excluding carboxylic acids is 1. The zero-order valence-corrected chi connectivity index (χ0v) is 9.83. The predicted octanol–water partition coefficient (Wildman–Crippen LogP) is 2.19. The number of carbonyl (C=O) groups is 1. The van der Waals surface area contributed by atoms with E-state index in [1.165, 1.54) is 0 Å². The van der Waals surface area contributed by atoms with Gasteiger partial charge in [-0.2, -0.15) is 0 Å². The Morgan fingerprint density at radius 2 is 2.25 bits per heavy atom. The molecule has 0 aromatic carbocycles. The van der Waals surface area contributed by atoms with Crippen LogP contribution in [0, 0.1) is 0 Å². The fraction of sp³-hybridized carbons (Fsp3) is 0.455. The Bertz CT molecular complexity index is 344. The average molecular weight is 242 g/mol. The Labute approximate surface area is 100 Å². The number of nitrogens with two attached hydrogens (primary N) is 1. The van der Waals surface area contributed by atoms with Crippen molar-refractivity contribution < 1.29 is 4.79 Å². The summed E-state index contributed by atoms with van der Waals surface area (Å²) in [4.78, 5) is 15.4. The van der Waals surface area contributed by atoms with Crippen molar-refractivity contribution in [2.45, 2.75) is 25.7 Å². The highest BCUT2D eigenvalue weighted by Gasteiger charge is 2.03. The molecule has 0 saturated carbocycles. The molecule has 0 bridgehead atoms. The number of amides is 1. The maximum Gasteiger partial charge on any atom is 0.225 e. The van der Waals surface area contributed by atoms with Crippen molar-refractivity contribution in [3.63, 3.8) is 0 Å². The fourth-order valence-electron chi connectivity index (χ4n) is 1.29. The fourth-order valence-corrected chi connectivity index (χ4v) is 1.44. The summed E-state index contributed by atoms with van der Waals surface area (Å²) in [5.41, 5.74) is 5.36. The summed E-state index contributed by atoms with van der Waals surface area (Å²) in [6, 6.07) is 3.29. The van der Waals surface area contributed by atoms with E-state index in [-0.39, 0.29) is 5.91 Å². The normalized spacial score (nSPS) is 10.1. The number of nitrogens with one attached hydrogen (secondary N) is 1. The molecule has 0 aliphatic carbocycles. The van der Waals surface area contributed by atoms with Crippen molar-refractivity contribution in [2.24, 2.45) is 5.73 Å². The summed E-state index contributed by atoms with van der Waals surface area (Å²) in [6.45, 7) is 0.678. The minimum Gasteiger partial charge on any atom is -0.330 e. The van der Waals surface area contributed by atoms with Gasteiger partial charge >= 0.3 is 0 Å². The Morgan fingerprint density at radius 3 is 2.94 bits per heavy atom. The quantitative estimate of drug-likeness (QED) is 0.751. The van der Waals surface area contributed by atoms with Gasteiger partial charge in [-0.05, 0) is 31.5 Å². The van der Waals surface area contributed by atoms with Crippen molar-refractivity contribution in [3.05, 3.63) is 23.4 Å². The zero-order chi connectivity index (χ0) is 11.8. The molecule has 88 valence electrons. The molecule has 5 heteroatoms. The summed E-state index contributed by atoms with van der Waals surface area (Å²) >= 11 is 5.77. The van der Waals surface area contributed by atoms with Crippen LogP contribution in [0.4, 0.5) is 5.82 Å². The van der Waals surface area contributed by atoms with E-state index in [9.17, 15) is 4.79 Å². The number of aromatic nitrogens is 1. The largest absolute Gasteiger partial charge is 0.330 e. The highest BCUT2D eigenvalue weighted by atomic mass is 35.5. The molecule has 1 aromatic heterocycles. The van der Waals surface area contributed by atoms with Crippen molar-refractivity contribution >= 4 is 23.3 Å². The third kappa shape index (κ3) is 5.09. The highest BCUT2D eigenvalue weighted by Crippen LogP contribution is 2.12. The lowest BCUT2D eigenvalue weighted by Crippen LogP contribution is -2.12. The van der Waals surface area contributed by atoms with E-state index in [0.717, 1.165) is 19.3 Å². The van der Waals surface area contributed by atoms with Gasteiger partial charge in [-0.3, -0.25) is 4.79 Å². The maximum absolute atomic E-state index is 11.5. The van der Waals surface area contributed by atoms with E-state index in [1.54, 1.807) is 18.3 Å². The molecule has 1 heterocycles. The molecular formula is C11H16ClN3O. The van der Waals surface area contributed by atoms with Gasteiger partial charge in [0.1, 0.15) is 5.82 Å². The maximum atomic E-state index is 11.5. The molecule has 1 amide bonds. The van der Waals surface area contributed by atoms with E-state index < -0.39 is 0 Å². The Kier molecular flexibility index (Phi) is 5.82. The Morgan fingerprint density at radius 1 is 1.44 bits per heavy atom. The van der Waals surface area contributed by atoms with Gasteiger partial charge in [0, 0.05) is 17.6 Å². The lowest BCUT2D eigenvalue weighted by Gasteiger charge is -2.04. The number of rotatable bonds is 6. The number of hydrogen-bond donors (Lipinski definition) is 2. The first-order valence-electron chi connectivity index (χ1n) is 5.34. The number of unbranched alkanes of at least 4 members (excludes halogenated alkanes) is 2. The summed E-state index contributed by atoms with van der Waals surface area (Å²) in [7, 11) is 0. The van der Waals surface area contributed by atoms with Crippen LogP contribution in [0.1, 0.15) is 25.7 Å². The second-order valence-corrected chi connectivity index (χ2v) is 3.94. The van der Waals surface area contributed by atoms with Gasteiger partial charge in [0.25, 0.3) is 0 Å². The smallest absolute Gasteiger partial charge is 0.225 e. The number of halogens is 1. The highest BCUT2D eigenvalue weighted by molar-refractivity contribution is 6.30. The zero-order valence-electron chi connectivity index (χ0n) is 9.08. The molecule has 0 aliphatic heterocycles. The molecule has 1 rings (SSSR count). The molecule has 3 N–H and O–H groups in total. The molecular weight excluding hydrogens is 226 g/mol. The van der Waals surface area contributed by atoms with Crippen molar-refractivity contribution in [1.29, 1.82) is 0 Å². The van der Waals surface area contributed by atoms with Crippen molar-refractivity contribution in [2.75, 3.05) is 11.9 Å². The SMILES string of the molecule is NCCCCCC(=O)Nc1cc(Cl)ccn1. The second kappa shape index (κ2) is 7.19. The van der Waals surface area contributed by atoms with Gasteiger partial charge in [-0.1, -0.05) is 18.0 Å². The van der Waals surface area contributed by atoms with Gasteiger partial charge in [0.05, 0.1) is 0 Å². The third-order valence-corrected chi connectivity index (χ3v) is 2.33. The van der Waals surface area contributed by atoms with Gasteiger partial charge < -0.3 is 11.1 Å². The molecule has 0 spiro atoms. The summed E-state index contributed by atoms with van der Waals surface area (Å²) in [5.74, 6) is 0.461. The van der Waals surface area contributed by atoms with Crippen LogP contribution in [0.5, 0.6) is 0 Å². The van der Waals surface area contributed by atoms with E-state index in [1.807, 2.05) is 0 Å².